The van der Waals surface area contributed by atoms with E-state index in [9.17, 15) is 9.00 Å². The molecular weight excluding hydrogens is 376 g/mol. The fourth-order valence-corrected chi connectivity index (χ4v) is 4.13. The molecule has 0 spiro atoms. The number of carboxylic acids is 1. The topological polar surface area (TPSA) is 70.1 Å². The summed E-state index contributed by atoms with van der Waals surface area (Å²) in [6, 6.07) is 14.5. The van der Waals surface area contributed by atoms with Crippen LogP contribution < -0.4 is 9.64 Å². The molecule has 2 aromatic rings. The van der Waals surface area contributed by atoms with E-state index in [-0.39, 0.29) is 0 Å². The van der Waals surface area contributed by atoms with E-state index in [1.165, 1.54) is 0 Å². The molecule has 0 bridgehead atoms. The minimum atomic E-state index is -1.19. The summed E-state index contributed by atoms with van der Waals surface area (Å²) in [4.78, 5) is 13.6. The van der Waals surface area contributed by atoms with Gasteiger partial charge >= 0.3 is 5.97 Å². The van der Waals surface area contributed by atoms with Gasteiger partial charge in [-0.2, -0.15) is 0 Å². The van der Waals surface area contributed by atoms with Crippen LogP contribution in [0.1, 0.15) is 0 Å². The van der Waals surface area contributed by atoms with E-state index in [1.54, 1.807) is 18.2 Å². The van der Waals surface area contributed by atoms with Crippen LogP contribution >= 0.6 is 11.6 Å². The van der Waals surface area contributed by atoms with Crippen molar-refractivity contribution in [3.8, 4) is 5.75 Å². The fraction of sp³-hybridized carbons (Fsp3) is 0.278. The summed E-state index contributed by atoms with van der Waals surface area (Å²) < 4.78 is 20.0. The second kappa shape index (κ2) is 8.53. The predicted molar refractivity (Wildman–Crippen MR) is 101 cm³/mol. The molecule has 1 aliphatic heterocycles. The van der Waals surface area contributed by atoms with Crippen LogP contribution in [0.15, 0.2) is 53.4 Å². The Hall–Kier alpha value is -2.09. The lowest BCUT2D eigenvalue weighted by Gasteiger charge is -2.35. The van der Waals surface area contributed by atoms with Crippen molar-refractivity contribution in [2.75, 3.05) is 37.7 Å². The maximum absolute atomic E-state index is 12.6. The normalized spacial score (nSPS) is 16.3. The molecule has 1 saturated heterocycles. The van der Waals surface area contributed by atoms with Crippen LogP contribution in [-0.4, -0.2) is 52.4 Å². The van der Waals surface area contributed by atoms with Gasteiger partial charge in [-0.25, -0.2) is 13.3 Å². The third kappa shape index (κ3) is 4.55. The SMILES string of the molecule is O=C(O)COc1ccc(Cl)cc1N1CCN(S(=O)c2ccccc2)CC1. The highest BCUT2D eigenvalue weighted by atomic mass is 35.5. The van der Waals surface area contributed by atoms with Crippen molar-refractivity contribution in [3.63, 3.8) is 0 Å². The zero-order valence-corrected chi connectivity index (χ0v) is 15.6. The van der Waals surface area contributed by atoms with Gasteiger partial charge in [0.05, 0.1) is 10.6 Å². The number of carbonyl (C=O) groups is 1. The number of rotatable bonds is 6. The molecule has 8 heteroatoms. The number of hydrogen-bond donors (Lipinski definition) is 1. The zero-order valence-electron chi connectivity index (χ0n) is 14.0. The number of aliphatic carboxylic acids is 1. The molecule has 6 nitrogen and oxygen atoms in total. The van der Waals surface area contributed by atoms with Crippen LogP contribution in [0.3, 0.4) is 0 Å². The number of piperazine rings is 1. The second-order valence-electron chi connectivity index (χ2n) is 5.77. The summed E-state index contributed by atoms with van der Waals surface area (Å²) in [6.07, 6.45) is 0. The summed E-state index contributed by atoms with van der Waals surface area (Å²) in [7, 11) is -1.19. The molecule has 3 rings (SSSR count). The molecule has 0 saturated carbocycles. The van der Waals surface area contributed by atoms with E-state index in [4.69, 9.17) is 21.4 Å². The Morgan fingerprint density at radius 2 is 1.81 bits per heavy atom. The van der Waals surface area contributed by atoms with Crippen LogP contribution in [0.25, 0.3) is 0 Å². The molecule has 0 radical (unpaired) electrons. The van der Waals surface area contributed by atoms with Crippen molar-refractivity contribution in [1.29, 1.82) is 0 Å². The number of ether oxygens (including phenoxy) is 1. The summed E-state index contributed by atoms with van der Waals surface area (Å²) in [5.74, 6) is -0.552. The molecule has 1 heterocycles. The lowest BCUT2D eigenvalue weighted by molar-refractivity contribution is -0.139. The Bertz CT molecular complexity index is 795. The van der Waals surface area contributed by atoms with E-state index in [0.29, 0.717) is 37.0 Å². The van der Waals surface area contributed by atoms with Crippen molar-refractivity contribution in [3.05, 3.63) is 53.6 Å². The Morgan fingerprint density at radius 1 is 1.12 bits per heavy atom. The average Bonchev–Trinajstić information content (AvgIpc) is 2.67. The highest BCUT2D eigenvalue weighted by Gasteiger charge is 2.24. The first-order valence-electron chi connectivity index (χ1n) is 8.15. The number of hydrogen-bond acceptors (Lipinski definition) is 4. The van der Waals surface area contributed by atoms with Gasteiger partial charge in [0.25, 0.3) is 0 Å². The molecule has 0 aliphatic carbocycles. The molecule has 1 unspecified atom stereocenters. The molecule has 1 atom stereocenters. The number of carboxylic acid groups (broad SMARTS) is 1. The van der Waals surface area contributed by atoms with Gasteiger partial charge < -0.3 is 14.7 Å². The predicted octanol–water partition coefficient (Wildman–Crippen LogP) is 2.65. The third-order valence-corrected chi connectivity index (χ3v) is 5.78. The lowest BCUT2D eigenvalue weighted by Crippen LogP contribution is -2.47. The molecule has 1 fully saturated rings. The van der Waals surface area contributed by atoms with Gasteiger partial charge in [-0.15, -0.1) is 0 Å². The van der Waals surface area contributed by atoms with Gasteiger partial charge in [0, 0.05) is 31.2 Å². The fourth-order valence-electron chi connectivity index (χ4n) is 2.78. The van der Waals surface area contributed by atoms with Crippen molar-refractivity contribution in [2.24, 2.45) is 0 Å². The minimum Gasteiger partial charge on any atom is -0.480 e. The molecule has 1 N–H and O–H groups in total. The Balaban J connectivity index is 1.69. The van der Waals surface area contributed by atoms with E-state index >= 15 is 0 Å². The smallest absolute Gasteiger partial charge is 0.341 e. The Morgan fingerprint density at radius 3 is 2.46 bits per heavy atom. The third-order valence-electron chi connectivity index (χ3n) is 4.03. The van der Waals surface area contributed by atoms with Crippen LogP contribution in [0, 0.1) is 0 Å². The van der Waals surface area contributed by atoms with Gasteiger partial charge in [0.2, 0.25) is 0 Å². The zero-order chi connectivity index (χ0) is 18.5. The van der Waals surface area contributed by atoms with Gasteiger partial charge in [0.15, 0.2) is 6.61 Å². The Kier molecular flexibility index (Phi) is 6.13. The highest BCUT2D eigenvalue weighted by molar-refractivity contribution is 7.82. The van der Waals surface area contributed by atoms with Crippen LogP contribution in [0.4, 0.5) is 5.69 Å². The van der Waals surface area contributed by atoms with Gasteiger partial charge in [0.1, 0.15) is 16.7 Å². The van der Waals surface area contributed by atoms with E-state index in [0.717, 1.165) is 10.6 Å². The van der Waals surface area contributed by atoms with Crippen molar-refractivity contribution in [1.82, 2.24) is 4.31 Å². The van der Waals surface area contributed by atoms with E-state index in [1.807, 2.05) is 34.6 Å². The second-order valence-corrected chi connectivity index (χ2v) is 7.70. The van der Waals surface area contributed by atoms with Gasteiger partial charge in [-0.05, 0) is 30.3 Å². The quantitative estimate of drug-likeness (QED) is 0.815. The molecule has 2 aromatic carbocycles. The maximum Gasteiger partial charge on any atom is 0.341 e. The van der Waals surface area contributed by atoms with Gasteiger partial charge in [-0.3, -0.25) is 0 Å². The molecule has 0 amide bonds. The molecular formula is C18H19ClN2O4S. The lowest BCUT2D eigenvalue weighted by atomic mass is 10.2. The first-order chi connectivity index (χ1) is 12.5. The Labute approximate surface area is 159 Å². The summed E-state index contributed by atoms with van der Waals surface area (Å²) in [5, 5.41) is 9.38. The number of anilines is 1. The highest BCUT2D eigenvalue weighted by Crippen LogP contribution is 2.32. The first-order valence-corrected chi connectivity index (χ1v) is 9.64. The van der Waals surface area contributed by atoms with Crippen molar-refractivity contribution in [2.45, 2.75) is 4.90 Å². The number of nitrogens with zero attached hydrogens (tertiary/aromatic N) is 2. The van der Waals surface area contributed by atoms with Crippen LogP contribution in [-0.2, 0) is 15.8 Å². The van der Waals surface area contributed by atoms with E-state index in [2.05, 4.69) is 4.90 Å². The number of benzene rings is 2. The van der Waals surface area contributed by atoms with Crippen LogP contribution in [0.2, 0.25) is 5.02 Å². The maximum atomic E-state index is 12.6. The molecule has 138 valence electrons. The molecule has 0 aromatic heterocycles. The van der Waals surface area contributed by atoms with Crippen molar-refractivity contribution >= 4 is 34.2 Å². The number of halogens is 1. The minimum absolute atomic E-state index is 0.410. The summed E-state index contributed by atoms with van der Waals surface area (Å²) in [5.41, 5.74) is 0.754. The molecule has 26 heavy (non-hydrogen) atoms. The largest absolute Gasteiger partial charge is 0.480 e. The molecule has 1 aliphatic rings. The standard InChI is InChI=1S/C18H19ClN2O4S/c19-14-6-7-17(25-13-18(22)23)16(12-14)20-8-10-21(11-9-20)26(24)15-4-2-1-3-5-15/h1-7,12H,8-11,13H2,(H,22,23). The van der Waals surface area contributed by atoms with Gasteiger partial charge in [-0.1, -0.05) is 29.8 Å². The summed E-state index contributed by atoms with van der Waals surface area (Å²) in [6.45, 7) is 2.11. The van der Waals surface area contributed by atoms with Crippen molar-refractivity contribution < 1.29 is 18.8 Å². The summed E-state index contributed by atoms with van der Waals surface area (Å²) >= 11 is 6.10. The monoisotopic (exact) mass is 394 g/mol. The first kappa shape index (κ1) is 18.7. The van der Waals surface area contributed by atoms with Crippen LogP contribution in [0.5, 0.6) is 5.75 Å². The average molecular weight is 395 g/mol. The van der Waals surface area contributed by atoms with E-state index < -0.39 is 23.6 Å².